The summed E-state index contributed by atoms with van der Waals surface area (Å²) in [4.78, 5) is 16.2. The Morgan fingerprint density at radius 1 is 1.17 bits per heavy atom. The number of nitrogens with one attached hydrogen (secondary N) is 2. The second-order valence-corrected chi connectivity index (χ2v) is 7.43. The van der Waals surface area contributed by atoms with Crippen molar-refractivity contribution in [2.24, 2.45) is 11.5 Å². The van der Waals surface area contributed by atoms with Gasteiger partial charge in [-0.25, -0.2) is 9.37 Å². The van der Waals surface area contributed by atoms with Crippen molar-refractivity contribution in [3.8, 4) is 11.5 Å². The lowest BCUT2D eigenvalue weighted by atomic mass is 9.91. The number of methoxy groups -OCH3 is 2. The van der Waals surface area contributed by atoms with Crippen molar-refractivity contribution in [2.75, 3.05) is 24.9 Å². The first-order valence-corrected chi connectivity index (χ1v) is 9.86. The van der Waals surface area contributed by atoms with Gasteiger partial charge in [-0.3, -0.25) is 4.79 Å². The van der Waals surface area contributed by atoms with Crippen molar-refractivity contribution in [1.29, 1.82) is 0 Å². The molecule has 30 heavy (non-hydrogen) atoms. The number of hydrogen-bond donors (Lipinski definition) is 4. The molecule has 2 atom stereocenters. The summed E-state index contributed by atoms with van der Waals surface area (Å²) in [6, 6.07) is 4.42. The molecule has 1 aromatic heterocycles. The number of carbonyl (C=O) groups is 1. The highest BCUT2D eigenvalue weighted by Crippen LogP contribution is 2.35. The van der Waals surface area contributed by atoms with Crippen LogP contribution in [0.3, 0.4) is 0 Å². The molecule has 2 aromatic rings. The van der Waals surface area contributed by atoms with E-state index in [0.717, 1.165) is 37.3 Å². The number of ether oxygens (including phenoxy) is 2. The number of nitrogens with zero attached hydrogens (tertiary/aromatic N) is 1. The Kier molecular flexibility index (Phi) is 6.61. The molecule has 0 saturated heterocycles. The number of halogens is 1. The van der Waals surface area contributed by atoms with Crippen LogP contribution in [0, 0.1) is 12.7 Å². The number of aryl methyl sites for hydroxylation is 1. The number of anilines is 3. The minimum absolute atomic E-state index is 0.0297. The van der Waals surface area contributed by atoms with E-state index in [1.807, 2.05) is 6.92 Å². The lowest BCUT2D eigenvalue weighted by molar-refractivity contribution is 0.100. The molecule has 0 aliphatic heterocycles. The number of aromatic nitrogens is 1. The lowest BCUT2D eigenvalue weighted by Gasteiger charge is -2.30. The first-order chi connectivity index (χ1) is 14.3. The molecule has 0 radical (unpaired) electrons. The highest BCUT2D eigenvalue weighted by molar-refractivity contribution is 5.98. The number of hydrogen-bond acceptors (Lipinski definition) is 7. The average Bonchev–Trinajstić information content (AvgIpc) is 2.71. The van der Waals surface area contributed by atoms with E-state index < -0.39 is 11.7 Å². The van der Waals surface area contributed by atoms with Gasteiger partial charge in [-0.15, -0.1) is 0 Å². The van der Waals surface area contributed by atoms with E-state index in [1.165, 1.54) is 7.11 Å². The van der Waals surface area contributed by atoms with E-state index in [0.29, 0.717) is 17.2 Å². The van der Waals surface area contributed by atoms with Gasteiger partial charge in [-0.1, -0.05) is 12.8 Å². The van der Waals surface area contributed by atoms with Crippen LogP contribution in [0.25, 0.3) is 0 Å². The van der Waals surface area contributed by atoms with Gasteiger partial charge in [0, 0.05) is 23.8 Å². The molecular formula is C21H28FN5O3. The minimum atomic E-state index is -0.790. The second-order valence-electron chi connectivity index (χ2n) is 7.43. The predicted octanol–water partition coefficient (Wildman–Crippen LogP) is 3.07. The van der Waals surface area contributed by atoms with Gasteiger partial charge in [0.2, 0.25) is 0 Å². The Balaban J connectivity index is 1.96. The van der Waals surface area contributed by atoms with Gasteiger partial charge in [0.1, 0.15) is 5.82 Å². The molecule has 9 heteroatoms. The smallest absolute Gasteiger partial charge is 0.252 e. The summed E-state index contributed by atoms with van der Waals surface area (Å²) in [5.74, 6) is -0.171. The van der Waals surface area contributed by atoms with E-state index in [-0.39, 0.29) is 29.3 Å². The van der Waals surface area contributed by atoms with Crippen LogP contribution in [0.4, 0.5) is 21.7 Å². The molecule has 6 N–H and O–H groups in total. The highest BCUT2D eigenvalue weighted by atomic mass is 19.1. The molecule has 1 unspecified atom stereocenters. The van der Waals surface area contributed by atoms with Crippen LogP contribution in [0.5, 0.6) is 11.5 Å². The third-order valence-corrected chi connectivity index (χ3v) is 5.31. The number of amides is 1. The van der Waals surface area contributed by atoms with Crippen LogP contribution < -0.4 is 31.6 Å². The standard InChI is InChI=1S/C21H28FN5O3/c1-11-8-12(9-17(29-2)18(11)30-3)25-20-13(19(24)28)10-14(22)21(27-20)26-16-7-5-4-6-15(16)23/h8-10,15-16H,4-7,23H2,1-3H3,(H2,24,28)(H2,25,26,27)/t15-,16?/m0/s1. The first kappa shape index (κ1) is 21.6. The number of benzene rings is 1. The SMILES string of the molecule is COc1cc(Nc2nc(NC3CCCC[C@@H]3N)c(F)cc2C(N)=O)cc(C)c1OC. The molecule has 0 bridgehead atoms. The van der Waals surface area contributed by atoms with Crippen molar-refractivity contribution in [2.45, 2.75) is 44.7 Å². The van der Waals surface area contributed by atoms with Crippen LogP contribution in [-0.2, 0) is 0 Å². The van der Waals surface area contributed by atoms with Gasteiger partial charge < -0.3 is 31.6 Å². The number of rotatable bonds is 7. The van der Waals surface area contributed by atoms with E-state index in [2.05, 4.69) is 15.6 Å². The van der Waals surface area contributed by atoms with Gasteiger partial charge in [0.25, 0.3) is 5.91 Å². The molecule has 0 spiro atoms. The Labute approximate surface area is 175 Å². The topological polar surface area (TPSA) is 125 Å². The summed E-state index contributed by atoms with van der Waals surface area (Å²) in [5, 5.41) is 6.15. The zero-order valence-corrected chi connectivity index (χ0v) is 17.4. The summed E-state index contributed by atoms with van der Waals surface area (Å²) in [6.45, 7) is 1.86. The highest BCUT2D eigenvalue weighted by Gasteiger charge is 2.24. The molecule has 8 nitrogen and oxygen atoms in total. The van der Waals surface area contributed by atoms with E-state index in [1.54, 1.807) is 19.2 Å². The predicted molar refractivity (Wildman–Crippen MR) is 114 cm³/mol. The Hall–Kier alpha value is -3.07. The fraction of sp³-hybridized carbons (Fsp3) is 0.429. The molecule has 1 aliphatic carbocycles. The van der Waals surface area contributed by atoms with Crippen molar-refractivity contribution in [3.63, 3.8) is 0 Å². The maximum Gasteiger partial charge on any atom is 0.252 e. The number of primary amides is 1. The molecule has 1 fully saturated rings. The van der Waals surface area contributed by atoms with Crippen LogP contribution in [-0.4, -0.2) is 37.2 Å². The number of carbonyl (C=O) groups excluding carboxylic acids is 1. The van der Waals surface area contributed by atoms with Gasteiger partial charge in [0.05, 0.1) is 19.8 Å². The molecular weight excluding hydrogens is 389 g/mol. The van der Waals surface area contributed by atoms with E-state index >= 15 is 0 Å². The largest absolute Gasteiger partial charge is 0.493 e. The van der Waals surface area contributed by atoms with Crippen molar-refractivity contribution >= 4 is 23.2 Å². The Morgan fingerprint density at radius 2 is 1.90 bits per heavy atom. The molecule has 1 amide bonds. The van der Waals surface area contributed by atoms with Crippen LogP contribution in [0.1, 0.15) is 41.6 Å². The average molecular weight is 417 g/mol. The van der Waals surface area contributed by atoms with Gasteiger partial charge >= 0.3 is 0 Å². The van der Waals surface area contributed by atoms with Crippen molar-refractivity contribution in [3.05, 3.63) is 35.1 Å². The van der Waals surface area contributed by atoms with Crippen LogP contribution >= 0.6 is 0 Å². The molecule has 3 rings (SSSR count). The fourth-order valence-corrected chi connectivity index (χ4v) is 3.75. The fourth-order valence-electron chi connectivity index (χ4n) is 3.75. The van der Waals surface area contributed by atoms with E-state index in [4.69, 9.17) is 20.9 Å². The third kappa shape index (κ3) is 4.56. The number of nitrogens with two attached hydrogens (primary N) is 2. The number of pyridine rings is 1. The summed E-state index contributed by atoms with van der Waals surface area (Å²) < 4.78 is 25.4. The quantitative estimate of drug-likeness (QED) is 0.546. The minimum Gasteiger partial charge on any atom is -0.493 e. The van der Waals surface area contributed by atoms with Crippen LogP contribution in [0.15, 0.2) is 18.2 Å². The molecule has 1 heterocycles. The van der Waals surface area contributed by atoms with Crippen molar-refractivity contribution in [1.82, 2.24) is 4.98 Å². The molecule has 1 aliphatic rings. The zero-order valence-electron chi connectivity index (χ0n) is 17.4. The normalized spacial score (nSPS) is 18.6. The third-order valence-electron chi connectivity index (χ3n) is 5.31. The summed E-state index contributed by atoms with van der Waals surface area (Å²) >= 11 is 0. The monoisotopic (exact) mass is 417 g/mol. The summed E-state index contributed by atoms with van der Waals surface area (Å²) in [7, 11) is 3.08. The van der Waals surface area contributed by atoms with Gasteiger partial charge in [0.15, 0.2) is 23.1 Å². The first-order valence-electron chi connectivity index (χ1n) is 9.86. The van der Waals surface area contributed by atoms with Crippen LogP contribution in [0.2, 0.25) is 0 Å². The lowest BCUT2D eigenvalue weighted by Crippen LogP contribution is -2.43. The molecule has 1 aromatic carbocycles. The summed E-state index contributed by atoms with van der Waals surface area (Å²) in [5.41, 5.74) is 13.0. The Bertz CT molecular complexity index is 937. The zero-order chi connectivity index (χ0) is 21.8. The molecule has 162 valence electrons. The maximum absolute atomic E-state index is 14.7. The summed E-state index contributed by atoms with van der Waals surface area (Å²) in [6.07, 6.45) is 3.77. The van der Waals surface area contributed by atoms with Crippen molar-refractivity contribution < 1.29 is 18.7 Å². The van der Waals surface area contributed by atoms with Gasteiger partial charge in [-0.05, 0) is 37.5 Å². The molecule has 1 saturated carbocycles. The second kappa shape index (κ2) is 9.17. The Morgan fingerprint density at radius 3 is 2.53 bits per heavy atom. The van der Waals surface area contributed by atoms with Gasteiger partial charge in [-0.2, -0.15) is 0 Å². The maximum atomic E-state index is 14.7. The van der Waals surface area contributed by atoms with E-state index in [9.17, 15) is 9.18 Å².